The third-order valence-electron chi connectivity index (χ3n) is 1.51. The molecule has 0 bridgehead atoms. The molecule has 0 aromatic carbocycles. The Morgan fingerprint density at radius 3 is 2.43 bits per heavy atom. The second kappa shape index (κ2) is 3.53. The van der Waals surface area contributed by atoms with E-state index >= 15 is 0 Å². The van der Waals surface area contributed by atoms with Crippen molar-refractivity contribution in [1.29, 1.82) is 0 Å². The van der Waals surface area contributed by atoms with Crippen LogP contribution in [0.1, 0.15) is 20.8 Å². The highest BCUT2D eigenvalue weighted by Crippen LogP contribution is 2.15. The maximum Gasteiger partial charge on any atom is 0.323 e. The van der Waals surface area contributed by atoms with Crippen LogP contribution >= 0.6 is 0 Å². The lowest BCUT2D eigenvalue weighted by Gasteiger charge is -2.32. The molecule has 1 aliphatic heterocycles. The van der Waals surface area contributed by atoms with Gasteiger partial charge in [-0.15, -0.1) is 0 Å². The van der Waals surface area contributed by atoms with Crippen molar-refractivity contribution in [3.63, 3.8) is 0 Å². The van der Waals surface area contributed by atoms with Crippen LogP contribution in [0.5, 0.6) is 0 Å². The average molecular weight is 204 g/mol. The highest BCUT2D eigenvalue weighted by atomic mass is 19.1. The predicted octanol–water partition coefficient (Wildman–Crippen LogP) is 0.305. The number of carbonyl (C=O) groups is 2. The molecule has 0 aromatic rings. The van der Waals surface area contributed by atoms with Crippen molar-refractivity contribution in [2.24, 2.45) is 0 Å². The minimum absolute atomic E-state index is 0.625. The highest BCUT2D eigenvalue weighted by molar-refractivity contribution is 5.99. The lowest BCUT2D eigenvalue weighted by molar-refractivity contribution is -0.144. The van der Waals surface area contributed by atoms with Crippen LogP contribution in [0.2, 0.25) is 0 Å². The van der Waals surface area contributed by atoms with Gasteiger partial charge in [0.25, 0.3) is 5.91 Å². The molecule has 2 atom stereocenters. The van der Waals surface area contributed by atoms with E-state index in [9.17, 15) is 14.0 Å². The van der Waals surface area contributed by atoms with Crippen LogP contribution in [0.25, 0.3) is 0 Å². The Kier molecular flexibility index (Phi) is 2.75. The summed E-state index contributed by atoms with van der Waals surface area (Å²) in [5.74, 6) is -0.969. The smallest absolute Gasteiger partial charge is 0.323 e. The Labute approximate surface area is 81.0 Å². The summed E-state index contributed by atoms with van der Waals surface area (Å²) < 4.78 is 18.4. The van der Waals surface area contributed by atoms with Gasteiger partial charge in [-0.05, 0) is 20.8 Å². The molecule has 0 aromatic heterocycles. The topological polar surface area (TPSA) is 67.4 Å². The zero-order valence-corrected chi connectivity index (χ0v) is 8.26. The van der Waals surface area contributed by atoms with Crippen molar-refractivity contribution < 1.29 is 18.7 Å². The number of halogens is 1. The molecule has 80 valence electrons. The van der Waals surface area contributed by atoms with Gasteiger partial charge in [-0.2, -0.15) is 0 Å². The number of rotatable bonds is 1. The van der Waals surface area contributed by atoms with Gasteiger partial charge in [0.2, 0.25) is 6.17 Å². The summed E-state index contributed by atoms with van der Waals surface area (Å²) in [5.41, 5.74) is -0.625. The van der Waals surface area contributed by atoms with Crippen LogP contribution in [0.4, 0.5) is 9.18 Å². The number of imide groups is 1. The van der Waals surface area contributed by atoms with Crippen LogP contribution in [0.3, 0.4) is 0 Å². The van der Waals surface area contributed by atoms with Crippen molar-refractivity contribution in [2.45, 2.75) is 38.8 Å². The molecule has 3 amide bonds. The minimum Gasteiger partial charge on any atom is -0.349 e. The fraction of sp³-hybridized carbons (Fsp3) is 0.750. The first kappa shape index (κ1) is 10.9. The lowest BCUT2D eigenvalue weighted by Crippen LogP contribution is -2.61. The summed E-state index contributed by atoms with van der Waals surface area (Å²) in [6.45, 7) is 5.12. The summed E-state index contributed by atoms with van der Waals surface area (Å²) in [7, 11) is 0. The second-order valence-corrected chi connectivity index (χ2v) is 4.02. The predicted molar refractivity (Wildman–Crippen MR) is 46.2 cm³/mol. The molecule has 1 fully saturated rings. The standard InChI is InChI=1S/C8H13FN2O3/c1-8(2,3)14-6-4(9)5(12)10-7(13)11-6/h4,6H,1-3H3,(H2,10,11,12,13). The number of carbonyl (C=O) groups excluding carboxylic acids is 2. The molecule has 1 aliphatic rings. The molecule has 0 aliphatic carbocycles. The molecular weight excluding hydrogens is 191 g/mol. The monoisotopic (exact) mass is 204 g/mol. The molecule has 6 heteroatoms. The highest BCUT2D eigenvalue weighted by Gasteiger charge is 2.38. The van der Waals surface area contributed by atoms with Crippen molar-refractivity contribution in [3.8, 4) is 0 Å². The van der Waals surface area contributed by atoms with Gasteiger partial charge in [-0.1, -0.05) is 0 Å². The van der Waals surface area contributed by atoms with E-state index in [1.165, 1.54) is 0 Å². The SMILES string of the molecule is CC(C)(C)OC1NC(=O)NC(=O)C1F. The summed E-state index contributed by atoms with van der Waals surface area (Å²) >= 11 is 0. The van der Waals surface area contributed by atoms with Gasteiger partial charge in [0, 0.05) is 0 Å². The molecule has 1 heterocycles. The van der Waals surface area contributed by atoms with Gasteiger partial charge in [0.15, 0.2) is 6.23 Å². The van der Waals surface area contributed by atoms with Gasteiger partial charge in [0.1, 0.15) is 0 Å². The van der Waals surface area contributed by atoms with Crippen LogP contribution in [0, 0.1) is 0 Å². The first-order chi connectivity index (χ1) is 6.29. The zero-order chi connectivity index (χ0) is 10.9. The fourth-order valence-corrected chi connectivity index (χ4v) is 1.03. The molecule has 2 N–H and O–H groups in total. The van der Waals surface area contributed by atoms with E-state index in [-0.39, 0.29) is 0 Å². The first-order valence-electron chi connectivity index (χ1n) is 4.23. The average Bonchev–Trinajstić information content (AvgIpc) is 1.96. The van der Waals surface area contributed by atoms with E-state index in [0.29, 0.717) is 0 Å². The number of nitrogens with one attached hydrogen (secondary N) is 2. The van der Waals surface area contributed by atoms with Crippen molar-refractivity contribution >= 4 is 11.9 Å². The molecule has 2 unspecified atom stereocenters. The van der Waals surface area contributed by atoms with Gasteiger partial charge in [-0.25, -0.2) is 9.18 Å². The van der Waals surface area contributed by atoms with Crippen LogP contribution in [-0.4, -0.2) is 29.9 Å². The van der Waals surface area contributed by atoms with Crippen LogP contribution < -0.4 is 10.6 Å². The van der Waals surface area contributed by atoms with E-state index in [1.54, 1.807) is 26.1 Å². The molecule has 1 saturated heterocycles. The summed E-state index contributed by atoms with van der Waals surface area (Å²) in [6, 6.07) is -0.738. The molecular formula is C8H13FN2O3. The molecule has 1 rings (SSSR count). The van der Waals surface area contributed by atoms with E-state index < -0.39 is 29.9 Å². The Morgan fingerprint density at radius 2 is 1.93 bits per heavy atom. The number of hydrogen-bond donors (Lipinski definition) is 2. The Morgan fingerprint density at radius 1 is 1.36 bits per heavy atom. The maximum absolute atomic E-state index is 13.2. The largest absolute Gasteiger partial charge is 0.349 e. The quantitative estimate of drug-likeness (QED) is 0.645. The summed E-state index contributed by atoms with van der Waals surface area (Å²) in [6.07, 6.45) is -3.08. The Balaban J connectivity index is 2.67. The molecule has 14 heavy (non-hydrogen) atoms. The Hall–Kier alpha value is -1.17. The van der Waals surface area contributed by atoms with Gasteiger partial charge < -0.3 is 10.1 Å². The van der Waals surface area contributed by atoms with E-state index in [2.05, 4.69) is 5.32 Å². The van der Waals surface area contributed by atoms with Crippen LogP contribution in [-0.2, 0) is 9.53 Å². The maximum atomic E-state index is 13.2. The summed E-state index contributed by atoms with van der Waals surface area (Å²) in [4.78, 5) is 21.7. The molecule has 0 radical (unpaired) electrons. The Bertz CT molecular complexity index is 262. The van der Waals surface area contributed by atoms with E-state index in [4.69, 9.17) is 4.74 Å². The number of alkyl halides is 1. The van der Waals surface area contributed by atoms with Crippen LogP contribution in [0.15, 0.2) is 0 Å². The fourth-order valence-electron chi connectivity index (χ4n) is 1.03. The normalized spacial score (nSPS) is 28.3. The third kappa shape index (κ3) is 2.66. The number of hydrogen-bond acceptors (Lipinski definition) is 3. The zero-order valence-electron chi connectivity index (χ0n) is 8.26. The molecule has 0 saturated carbocycles. The minimum atomic E-state index is -1.87. The number of ether oxygens (including phenoxy) is 1. The van der Waals surface area contributed by atoms with Crippen molar-refractivity contribution in [3.05, 3.63) is 0 Å². The second-order valence-electron chi connectivity index (χ2n) is 4.02. The van der Waals surface area contributed by atoms with E-state index in [1.807, 2.05) is 0 Å². The van der Waals surface area contributed by atoms with Crippen molar-refractivity contribution in [2.75, 3.05) is 0 Å². The van der Waals surface area contributed by atoms with E-state index in [0.717, 1.165) is 0 Å². The van der Waals surface area contributed by atoms with Gasteiger partial charge in [0.05, 0.1) is 5.60 Å². The first-order valence-corrected chi connectivity index (χ1v) is 4.23. The summed E-state index contributed by atoms with van der Waals surface area (Å²) in [5, 5.41) is 3.99. The van der Waals surface area contributed by atoms with Gasteiger partial charge >= 0.3 is 6.03 Å². The number of amides is 3. The molecule has 0 spiro atoms. The number of urea groups is 1. The molecule has 5 nitrogen and oxygen atoms in total. The van der Waals surface area contributed by atoms with Crippen molar-refractivity contribution in [1.82, 2.24) is 10.6 Å². The van der Waals surface area contributed by atoms with Gasteiger partial charge in [-0.3, -0.25) is 10.1 Å². The lowest BCUT2D eigenvalue weighted by atomic mass is 10.2. The third-order valence-corrected chi connectivity index (χ3v) is 1.51.